The quantitative estimate of drug-likeness (QED) is 0.720. The number of hydrogen-bond acceptors (Lipinski definition) is 2. The molecule has 2 saturated heterocycles. The number of fused-ring (bicyclic) bond motifs is 2. The predicted molar refractivity (Wildman–Crippen MR) is 85.8 cm³/mol. The van der Waals surface area contributed by atoms with Crippen LogP contribution in [0.2, 0.25) is 0 Å². The SMILES string of the molecule is CC.CCCCCN1C[C@H]2CC[C@@H](C1)N2C(=O)C(C)C. The molecule has 2 rings (SSSR count). The van der Waals surface area contributed by atoms with Gasteiger partial charge in [0.25, 0.3) is 0 Å². The van der Waals surface area contributed by atoms with Crippen molar-refractivity contribution in [3.8, 4) is 0 Å². The summed E-state index contributed by atoms with van der Waals surface area (Å²) in [6.45, 7) is 13.7. The summed E-state index contributed by atoms with van der Waals surface area (Å²) in [6.07, 6.45) is 6.37. The Kier molecular flexibility index (Phi) is 7.57. The van der Waals surface area contributed by atoms with E-state index in [1.165, 1.54) is 38.6 Å². The number of amides is 1. The molecule has 0 unspecified atom stereocenters. The van der Waals surface area contributed by atoms with Crippen LogP contribution in [0.25, 0.3) is 0 Å². The van der Waals surface area contributed by atoms with E-state index in [1.54, 1.807) is 0 Å². The van der Waals surface area contributed by atoms with E-state index < -0.39 is 0 Å². The van der Waals surface area contributed by atoms with E-state index in [1.807, 2.05) is 27.7 Å². The van der Waals surface area contributed by atoms with Gasteiger partial charge in [0.15, 0.2) is 0 Å². The molecule has 1 amide bonds. The lowest BCUT2D eigenvalue weighted by atomic mass is 10.1. The molecule has 0 radical (unpaired) electrons. The molecule has 3 nitrogen and oxygen atoms in total. The maximum absolute atomic E-state index is 12.2. The zero-order valence-corrected chi connectivity index (χ0v) is 14.2. The molecule has 20 heavy (non-hydrogen) atoms. The molecule has 2 atom stereocenters. The Bertz CT molecular complexity index is 277. The molecule has 118 valence electrons. The third-order valence-electron chi connectivity index (χ3n) is 4.38. The molecule has 2 aliphatic rings. The summed E-state index contributed by atoms with van der Waals surface area (Å²) in [5.74, 6) is 0.524. The van der Waals surface area contributed by atoms with Crippen molar-refractivity contribution in [1.29, 1.82) is 0 Å². The summed E-state index contributed by atoms with van der Waals surface area (Å²) in [5.41, 5.74) is 0. The van der Waals surface area contributed by atoms with Crippen LogP contribution < -0.4 is 0 Å². The first-order valence-electron chi connectivity index (χ1n) is 8.68. The maximum atomic E-state index is 12.2. The average Bonchev–Trinajstić information content (AvgIpc) is 2.71. The van der Waals surface area contributed by atoms with Gasteiger partial charge in [-0.3, -0.25) is 9.69 Å². The number of carbonyl (C=O) groups is 1. The fourth-order valence-electron chi connectivity index (χ4n) is 3.42. The van der Waals surface area contributed by atoms with Crippen molar-refractivity contribution >= 4 is 5.91 Å². The summed E-state index contributed by atoms with van der Waals surface area (Å²) < 4.78 is 0. The van der Waals surface area contributed by atoms with Gasteiger partial charge in [-0.1, -0.05) is 47.5 Å². The lowest BCUT2D eigenvalue weighted by Gasteiger charge is -2.42. The highest BCUT2D eigenvalue weighted by molar-refractivity contribution is 5.79. The van der Waals surface area contributed by atoms with Gasteiger partial charge in [-0.2, -0.15) is 0 Å². The van der Waals surface area contributed by atoms with E-state index in [4.69, 9.17) is 0 Å². The van der Waals surface area contributed by atoms with E-state index in [-0.39, 0.29) is 5.92 Å². The summed E-state index contributed by atoms with van der Waals surface area (Å²) in [6, 6.07) is 1.00. The van der Waals surface area contributed by atoms with E-state index in [2.05, 4.69) is 16.7 Å². The minimum Gasteiger partial charge on any atom is -0.334 e. The Balaban J connectivity index is 0.000000956. The van der Waals surface area contributed by atoms with Gasteiger partial charge in [0.05, 0.1) is 0 Å². The highest BCUT2D eigenvalue weighted by Gasteiger charge is 2.42. The van der Waals surface area contributed by atoms with E-state index in [0.717, 1.165) is 13.1 Å². The van der Waals surface area contributed by atoms with Crippen molar-refractivity contribution in [2.45, 2.75) is 78.8 Å². The smallest absolute Gasteiger partial charge is 0.225 e. The zero-order valence-electron chi connectivity index (χ0n) is 14.2. The largest absolute Gasteiger partial charge is 0.334 e. The molecule has 0 aromatic carbocycles. The molecule has 0 N–H and O–H groups in total. The van der Waals surface area contributed by atoms with Gasteiger partial charge in [-0.25, -0.2) is 0 Å². The van der Waals surface area contributed by atoms with Gasteiger partial charge in [-0.15, -0.1) is 0 Å². The second-order valence-electron chi connectivity index (χ2n) is 6.25. The highest BCUT2D eigenvalue weighted by Crippen LogP contribution is 2.31. The van der Waals surface area contributed by atoms with Crippen LogP contribution in [0.15, 0.2) is 0 Å². The van der Waals surface area contributed by atoms with Gasteiger partial charge in [0, 0.05) is 31.1 Å². The molecular formula is C17H34N2O. The summed E-state index contributed by atoms with van der Waals surface area (Å²) in [7, 11) is 0. The van der Waals surface area contributed by atoms with E-state index in [0.29, 0.717) is 18.0 Å². The first-order chi connectivity index (χ1) is 9.63. The Morgan fingerprint density at radius 1 is 1.10 bits per heavy atom. The fraction of sp³-hybridized carbons (Fsp3) is 0.941. The molecule has 0 aromatic heterocycles. The molecule has 0 saturated carbocycles. The number of likely N-dealkylation sites (tertiary alicyclic amines) is 1. The van der Waals surface area contributed by atoms with Gasteiger partial charge in [0.2, 0.25) is 5.91 Å². The number of carbonyl (C=O) groups excluding carboxylic acids is 1. The number of hydrogen-bond donors (Lipinski definition) is 0. The van der Waals surface area contributed by atoms with E-state index >= 15 is 0 Å². The number of piperazine rings is 1. The Morgan fingerprint density at radius 3 is 2.10 bits per heavy atom. The summed E-state index contributed by atoms with van der Waals surface area (Å²) in [5, 5.41) is 0. The van der Waals surface area contributed by atoms with Crippen molar-refractivity contribution in [3.63, 3.8) is 0 Å². The first kappa shape index (κ1) is 17.5. The van der Waals surface area contributed by atoms with Crippen LogP contribution in [0, 0.1) is 5.92 Å². The molecule has 0 spiro atoms. The minimum atomic E-state index is 0.153. The number of nitrogens with zero attached hydrogens (tertiary/aromatic N) is 2. The van der Waals surface area contributed by atoms with Crippen LogP contribution in [0.4, 0.5) is 0 Å². The molecule has 2 aliphatic heterocycles. The van der Waals surface area contributed by atoms with Crippen LogP contribution in [0.3, 0.4) is 0 Å². The van der Waals surface area contributed by atoms with E-state index in [9.17, 15) is 4.79 Å². The Labute approximate surface area is 125 Å². The van der Waals surface area contributed by atoms with Crippen LogP contribution in [-0.4, -0.2) is 47.4 Å². The molecule has 3 heteroatoms. The summed E-state index contributed by atoms with van der Waals surface area (Å²) in [4.78, 5) is 17.0. The van der Waals surface area contributed by atoms with Crippen molar-refractivity contribution in [1.82, 2.24) is 9.80 Å². The third kappa shape index (κ3) is 4.21. The van der Waals surface area contributed by atoms with Crippen LogP contribution in [0.5, 0.6) is 0 Å². The number of unbranched alkanes of at least 4 members (excludes halogenated alkanes) is 2. The van der Waals surface area contributed by atoms with Crippen molar-refractivity contribution < 1.29 is 4.79 Å². The van der Waals surface area contributed by atoms with Crippen LogP contribution >= 0.6 is 0 Å². The average molecular weight is 282 g/mol. The van der Waals surface area contributed by atoms with Gasteiger partial charge in [-0.05, 0) is 25.8 Å². The second-order valence-corrected chi connectivity index (χ2v) is 6.25. The molecular weight excluding hydrogens is 248 g/mol. The minimum absolute atomic E-state index is 0.153. The molecule has 2 bridgehead atoms. The lowest BCUT2D eigenvalue weighted by Crippen LogP contribution is -2.56. The van der Waals surface area contributed by atoms with Gasteiger partial charge >= 0.3 is 0 Å². The topological polar surface area (TPSA) is 23.6 Å². The first-order valence-corrected chi connectivity index (χ1v) is 8.68. The predicted octanol–water partition coefficient (Wildman–Crippen LogP) is 3.53. The maximum Gasteiger partial charge on any atom is 0.225 e. The second kappa shape index (κ2) is 8.66. The Hall–Kier alpha value is -0.570. The van der Waals surface area contributed by atoms with Crippen LogP contribution in [-0.2, 0) is 4.79 Å². The standard InChI is InChI=1S/C15H28N2O.C2H6/c1-4-5-6-9-16-10-13-7-8-14(11-16)17(13)15(18)12(2)3;1-2/h12-14H,4-11H2,1-3H3;1-2H3/t13-,14+;. The summed E-state index contributed by atoms with van der Waals surface area (Å²) >= 11 is 0. The number of rotatable bonds is 5. The monoisotopic (exact) mass is 282 g/mol. The van der Waals surface area contributed by atoms with Crippen molar-refractivity contribution in [2.24, 2.45) is 5.92 Å². The molecule has 0 aromatic rings. The molecule has 2 fully saturated rings. The highest BCUT2D eigenvalue weighted by atomic mass is 16.2. The lowest BCUT2D eigenvalue weighted by molar-refractivity contribution is -0.140. The van der Waals surface area contributed by atoms with Gasteiger partial charge in [0.1, 0.15) is 0 Å². The van der Waals surface area contributed by atoms with Gasteiger partial charge < -0.3 is 4.90 Å². The van der Waals surface area contributed by atoms with Crippen LogP contribution in [0.1, 0.15) is 66.7 Å². The van der Waals surface area contributed by atoms with Crippen molar-refractivity contribution in [3.05, 3.63) is 0 Å². The molecule has 2 heterocycles. The van der Waals surface area contributed by atoms with Crippen molar-refractivity contribution in [2.75, 3.05) is 19.6 Å². The third-order valence-corrected chi connectivity index (χ3v) is 4.38. The fourth-order valence-corrected chi connectivity index (χ4v) is 3.42. The Morgan fingerprint density at radius 2 is 1.65 bits per heavy atom. The molecule has 0 aliphatic carbocycles. The normalized spacial score (nSPS) is 25.6. The zero-order chi connectivity index (χ0) is 15.1.